The second kappa shape index (κ2) is 7.07. The van der Waals surface area contributed by atoms with Crippen molar-refractivity contribution in [1.82, 2.24) is 4.90 Å². The summed E-state index contributed by atoms with van der Waals surface area (Å²) in [5.41, 5.74) is 2.03. The molecule has 0 radical (unpaired) electrons. The molecule has 22 heavy (non-hydrogen) atoms. The van der Waals surface area contributed by atoms with Crippen LogP contribution >= 0.6 is 0 Å². The second-order valence-electron chi connectivity index (χ2n) is 6.05. The molecule has 118 valence electrons. The Morgan fingerprint density at radius 3 is 2.64 bits per heavy atom. The van der Waals surface area contributed by atoms with Gasteiger partial charge in [0.2, 0.25) is 0 Å². The molecule has 3 rings (SSSR count). The zero-order chi connectivity index (χ0) is 15.4. The summed E-state index contributed by atoms with van der Waals surface area (Å²) in [5, 5.41) is 0. The first kappa shape index (κ1) is 15.3. The third-order valence-corrected chi connectivity index (χ3v) is 4.42. The van der Waals surface area contributed by atoms with Gasteiger partial charge in [0.25, 0.3) is 0 Å². The molecule has 1 saturated carbocycles. The fourth-order valence-electron chi connectivity index (χ4n) is 3.21. The van der Waals surface area contributed by atoms with Crippen LogP contribution in [0.25, 0.3) is 6.08 Å². The fourth-order valence-corrected chi connectivity index (χ4v) is 3.21. The van der Waals surface area contributed by atoms with Crippen LogP contribution < -0.4 is 4.74 Å². The van der Waals surface area contributed by atoms with E-state index in [0.717, 1.165) is 56.2 Å². The molecule has 2 fully saturated rings. The van der Waals surface area contributed by atoms with E-state index in [1.807, 2.05) is 30.3 Å². The topological polar surface area (TPSA) is 38.8 Å². The minimum absolute atomic E-state index is 0.300. The van der Waals surface area contributed by atoms with Crippen molar-refractivity contribution in [2.45, 2.75) is 12.8 Å². The zero-order valence-corrected chi connectivity index (χ0v) is 13.1. The number of morpholine rings is 1. The molecule has 1 aliphatic carbocycles. The average molecular weight is 301 g/mol. The Morgan fingerprint density at radius 2 is 1.95 bits per heavy atom. The summed E-state index contributed by atoms with van der Waals surface area (Å²) >= 11 is 0. The van der Waals surface area contributed by atoms with Crippen molar-refractivity contribution in [2.75, 3.05) is 40.0 Å². The van der Waals surface area contributed by atoms with Crippen LogP contribution in [0.15, 0.2) is 29.8 Å². The highest BCUT2D eigenvalue weighted by molar-refractivity contribution is 6.01. The Morgan fingerprint density at radius 1 is 1.23 bits per heavy atom. The van der Waals surface area contributed by atoms with Crippen LogP contribution in [0.3, 0.4) is 0 Å². The van der Waals surface area contributed by atoms with Crippen LogP contribution in [0.5, 0.6) is 5.75 Å². The van der Waals surface area contributed by atoms with Gasteiger partial charge in [0.15, 0.2) is 5.78 Å². The smallest absolute Gasteiger partial charge is 0.159 e. The van der Waals surface area contributed by atoms with Crippen molar-refractivity contribution >= 4 is 11.9 Å². The highest BCUT2D eigenvalue weighted by Gasteiger charge is 2.28. The van der Waals surface area contributed by atoms with Crippen molar-refractivity contribution < 1.29 is 14.3 Å². The first-order chi connectivity index (χ1) is 10.7. The molecule has 1 atom stereocenters. The van der Waals surface area contributed by atoms with Crippen molar-refractivity contribution in [1.29, 1.82) is 0 Å². The molecular formula is C18H23NO3. The lowest BCUT2D eigenvalue weighted by atomic mass is 10.1. The molecule has 0 aromatic heterocycles. The number of hydrogen-bond acceptors (Lipinski definition) is 4. The van der Waals surface area contributed by atoms with E-state index in [4.69, 9.17) is 9.47 Å². The first-order valence-corrected chi connectivity index (χ1v) is 7.92. The SMILES string of the molecule is COc1ccc(/C=C2/CC(CN3CCOCC3)CC2=O)cc1. The molecule has 1 aliphatic heterocycles. The maximum atomic E-state index is 12.2. The van der Waals surface area contributed by atoms with Crippen molar-refractivity contribution in [3.05, 3.63) is 35.4 Å². The normalized spacial score (nSPS) is 24.9. The number of allylic oxidation sites excluding steroid dienone is 1. The highest BCUT2D eigenvalue weighted by atomic mass is 16.5. The van der Waals surface area contributed by atoms with Gasteiger partial charge in [-0.25, -0.2) is 0 Å². The molecule has 4 heteroatoms. The first-order valence-electron chi connectivity index (χ1n) is 7.92. The molecule has 1 aromatic rings. The minimum atomic E-state index is 0.300. The number of ether oxygens (including phenoxy) is 2. The van der Waals surface area contributed by atoms with Gasteiger partial charge in [-0.05, 0) is 41.7 Å². The number of hydrogen-bond donors (Lipinski definition) is 0. The Balaban J connectivity index is 1.61. The number of nitrogens with zero attached hydrogens (tertiary/aromatic N) is 1. The molecule has 1 aromatic carbocycles. The van der Waals surface area contributed by atoms with Gasteiger partial charge >= 0.3 is 0 Å². The number of Topliss-reactive ketones (excluding diaryl/α,β-unsaturated/α-hetero) is 1. The molecule has 0 amide bonds. The second-order valence-corrected chi connectivity index (χ2v) is 6.05. The van der Waals surface area contributed by atoms with E-state index in [9.17, 15) is 4.79 Å². The van der Waals surface area contributed by atoms with Crippen LogP contribution in [-0.2, 0) is 9.53 Å². The number of ketones is 1. The van der Waals surface area contributed by atoms with E-state index in [1.165, 1.54) is 0 Å². The quantitative estimate of drug-likeness (QED) is 0.801. The largest absolute Gasteiger partial charge is 0.497 e. The summed E-state index contributed by atoms with van der Waals surface area (Å²) < 4.78 is 10.5. The van der Waals surface area contributed by atoms with Gasteiger partial charge in [0, 0.05) is 26.1 Å². The van der Waals surface area contributed by atoms with Crippen molar-refractivity contribution in [2.24, 2.45) is 5.92 Å². The fraction of sp³-hybridized carbons (Fsp3) is 0.500. The van der Waals surface area contributed by atoms with E-state index in [2.05, 4.69) is 4.90 Å². The van der Waals surface area contributed by atoms with Crippen molar-refractivity contribution in [3.63, 3.8) is 0 Å². The van der Waals surface area contributed by atoms with E-state index in [-0.39, 0.29) is 0 Å². The van der Waals surface area contributed by atoms with Crippen molar-refractivity contribution in [3.8, 4) is 5.75 Å². The number of carbonyl (C=O) groups is 1. The lowest BCUT2D eigenvalue weighted by Crippen LogP contribution is -2.39. The monoisotopic (exact) mass is 301 g/mol. The summed E-state index contributed by atoms with van der Waals surface area (Å²) in [4.78, 5) is 14.6. The van der Waals surface area contributed by atoms with Crippen LogP contribution in [0, 0.1) is 5.92 Å². The van der Waals surface area contributed by atoms with E-state index in [0.29, 0.717) is 18.1 Å². The van der Waals surface area contributed by atoms with Gasteiger partial charge in [-0.1, -0.05) is 12.1 Å². The average Bonchev–Trinajstić information content (AvgIpc) is 2.88. The molecule has 1 saturated heterocycles. The van der Waals surface area contributed by atoms with E-state index in [1.54, 1.807) is 7.11 Å². The lowest BCUT2D eigenvalue weighted by molar-refractivity contribution is -0.114. The maximum Gasteiger partial charge on any atom is 0.159 e. The molecule has 0 spiro atoms. The number of rotatable bonds is 4. The predicted octanol–water partition coefficient (Wildman–Crippen LogP) is 2.39. The number of carbonyl (C=O) groups excluding carboxylic acids is 1. The molecule has 4 nitrogen and oxygen atoms in total. The molecule has 1 unspecified atom stereocenters. The molecular weight excluding hydrogens is 278 g/mol. The summed E-state index contributed by atoms with van der Waals surface area (Å²) in [7, 11) is 1.66. The van der Waals surface area contributed by atoms with E-state index >= 15 is 0 Å². The van der Waals surface area contributed by atoms with Crippen LogP contribution in [0.1, 0.15) is 18.4 Å². The Bertz CT molecular complexity index is 544. The maximum absolute atomic E-state index is 12.2. The van der Waals surface area contributed by atoms with E-state index < -0.39 is 0 Å². The van der Waals surface area contributed by atoms with Gasteiger partial charge < -0.3 is 9.47 Å². The molecule has 2 aliphatic rings. The third kappa shape index (κ3) is 3.76. The highest BCUT2D eigenvalue weighted by Crippen LogP contribution is 2.30. The van der Waals surface area contributed by atoms with Gasteiger partial charge in [-0.2, -0.15) is 0 Å². The molecule has 0 N–H and O–H groups in total. The number of benzene rings is 1. The standard InChI is InChI=1S/C18H23NO3/c1-21-17-4-2-14(3-5-17)10-16-11-15(12-18(16)20)13-19-6-8-22-9-7-19/h2-5,10,15H,6-9,11-13H2,1H3/b16-10-. The molecule has 1 heterocycles. The van der Waals surface area contributed by atoms with Gasteiger partial charge in [0.1, 0.15) is 5.75 Å². The summed E-state index contributed by atoms with van der Waals surface area (Å²) in [6.07, 6.45) is 3.60. The van der Waals surface area contributed by atoms with Gasteiger partial charge in [-0.3, -0.25) is 9.69 Å². The van der Waals surface area contributed by atoms with Gasteiger partial charge in [-0.15, -0.1) is 0 Å². The lowest BCUT2D eigenvalue weighted by Gasteiger charge is -2.28. The summed E-state index contributed by atoms with van der Waals surface area (Å²) in [6, 6.07) is 7.84. The number of methoxy groups -OCH3 is 1. The summed E-state index contributed by atoms with van der Waals surface area (Å²) in [5.74, 6) is 1.59. The zero-order valence-electron chi connectivity index (χ0n) is 13.1. The van der Waals surface area contributed by atoms with Gasteiger partial charge in [0.05, 0.1) is 20.3 Å². The summed E-state index contributed by atoms with van der Waals surface area (Å²) in [6.45, 7) is 4.61. The molecule has 0 bridgehead atoms. The van der Waals surface area contributed by atoms with Crippen LogP contribution in [0.4, 0.5) is 0 Å². The van der Waals surface area contributed by atoms with Crippen LogP contribution in [-0.4, -0.2) is 50.6 Å². The predicted molar refractivity (Wildman–Crippen MR) is 86.0 cm³/mol. The Kier molecular flexibility index (Phi) is 4.90. The Labute approximate surface area is 131 Å². The van der Waals surface area contributed by atoms with Crippen LogP contribution in [0.2, 0.25) is 0 Å². The minimum Gasteiger partial charge on any atom is -0.497 e. The Hall–Kier alpha value is -1.65. The third-order valence-electron chi connectivity index (χ3n) is 4.42.